The molecule has 136 valence electrons. The topological polar surface area (TPSA) is 72.6 Å². The fourth-order valence-electron chi connectivity index (χ4n) is 3.18. The van der Waals surface area contributed by atoms with Crippen molar-refractivity contribution in [1.29, 1.82) is 0 Å². The minimum absolute atomic E-state index is 0.125. The zero-order chi connectivity index (χ0) is 18.7. The number of anilines is 2. The van der Waals surface area contributed by atoms with Gasteiger partial charge in [0, 0.05) is 17.0 Å². The van der Waals surface area contributed by atoms with Crippen LogP contribution in [0.5, 0.6) is 0 Å². The third-order valence-electron chi connectivity index (χ3n) is 4.44. The van der Waals surface area contributed by atoms with E-state index < -0.39 is 6.04 Å². The first-order valence-electron chi connectivity index (χ1n) is 8.51. The van der Waals surface area contributed by atoms with E-state index in [4.69, 9.17) is 10.5 Å². The van der Waals surface area contributed by atoms with E-state index in [0.29, 0.717) is 18.7 Å². The number of carbonyl (C=O) groups is 2. The number of thioether (sulfide) groups is 1. The van der Waals surface area contributed by atoms with Gasteiger partial charge in [-0.15, -0.1) is 11.8 Å². The number of rotatable bonds is 5. The van der Waals surface area contributed by atoms with Crippen LogP contribution in [-0.2, 0) is 14.3 Å². The summed E-state index contributed by atoms with van der Waals surface area (Å²) >= 11 is 1.38. The molecule has 0 saturated carbocycles. The fourth-order valence-corrected chi connectivity index (χ4v) is 4.01. The molecule has 1 aliphatic heterocycles. The largest absolute Gasteiger partial charge is 0.464 e. The monoisotopic (exact) mass is 370 g/mol. The predicted molar refractivity (Wildman–Crippen MR) is 104 cm³/mol. The van der Waals surface area contributed by atoms with E-state index in [9.17, 15) is 9.59 Å². The molecule has 1 atom stereocenters. The molecule has 1 saturated heterocycles. The molecule has 1 unspecified atom stereocenters. The third-order valence-corrected chi connectivity index (χ3v) is 5.51. The van der Waals surface area contributed by atoms with Crippen molar-refractivity contribution in [3.8, 4) is 0 Å². The summed E-state index contributed by atoms with van der Waals surface area (Å²) in [6, 6.07) is 12.7. The lowest BCUT2D eigenvalue weighted by Gasteiger charge is -2.29. The molecule has 1 fully saturated rings. The van der Waals surface area contributed by atoms with Gasteiger partial charge in [-0.3, -0.25) is 9.69 Å². The quantitative estimate of drug-likeness (QED) is 0.496. The molecular weight excluding hydrogens is 348 g/mol. The Morgan fingerprint density at radius 2 is 1.88 bits per heavy atom. The van der Waals surface area contributed by atoms with Gasteiger partial charge in [0.25, 0.3) is 0 Å². The number of benzene rings is 2. The molecule has 1 aliphatic rings. The van der Waals surface area contributed by atoms with Crippen LogP contribution in [0.2, 0.25) is 0 Å². The van der Waals surface area contributed by atoms with Gasteiger partial charge in [0.1, 0.15) is 6.04 Å². The molecule has 0 bridgehead atoms. The Balaban J connectivity index is 1.89. The van der Waals surface area contributed by atoms with Crippen LogP contribution in [0.1, 0.15) is 17.5 Å². The number of para-hydroxylation sites is 2. The van der Waals surface area contributed by atoms with Gasteiger partial charge in [0.15, 0.2) is 0 Å². The molecular formula is C20H22N2O3S. The molecule has 6 heteroatoms. The Hall–Kier alpha value is -2.47. The molecule has 5 nitrogen and oxygen atoms in total. The van der Waals surface area contributed by atoms with E-state index in [-0.39, 0.29) is 17.6 Å². The minimum Gasteiger partial charge on any atom is -0.464 e. The smallest absolute Gasteiger partial charge is 0.329 e. The summed E-state index contributed by atoms with van der Waals surface area (Å²) in [7, 11) is 0. The van der Waals surface area contributed by atoms with Crippen molar-refractivity contribution in [2.75, 3.05) is 23.0 Å². The van der Waals surface area contributed by atoms with Crippen molar-refractivity contribution in [2.24, 2.45) is 0 Å². The standard InChI is InChI=1S/C20H22N2O3S/c1-13-6-5-7-14(2)19(13)22(16-10-11-25-20(16)24)18(23)12-26-17-9-4-3-8-15(17)21/h3-9,16H,10-12,21H2,1-2H3. The van der Waals surface area contributed by atoms with Gasteiger partial charge in [0.05, 0.1) is 18.0 Å². The Kier molecular flexibility index (Phi) is 5.52. The summed E-state index contributed by atoms with van der Waals surface area (Å²) in [5.74, 6) is -0.268. The summed E-state index contributed by atoms with van der Waals surface area (Å²) in [5, 5.41) is 0. The molecule has 1 heterocycles. The molecule has 0 aromatic heterocycles. The highest BCUT2D eigenvalue weighted by molar-refractivity contribution is 8.00. The minimum atomic E-state index is -0.573. The lowest BCUT2D eigenvalue weighted by Crippen LogP contribution is -2.45. The number of carbonyl (C=O) groups excluding carboxylic acids is 2. The van der Waals surface area contributed by atoms with Gasteiger partial charge in [0.2, 0.25) is 5.91 Å². The lowest BCUT2D eigenvalue weighted by molar-refractivity contribution is -0.140. The fraction of sp³-hybridized carbons (Fsp3) is 0.300. The maximum atomic E-state index is 13.1. The second kappa shape index (κ2) is 7.83. The van der Waals surface area contributed by atoms with Crippen LogP contribution in [0.15, 0.2) is 47.4 Å². The molecule has 0 radical (unpaired) electrons. The summed E-state index contributed by atoms with van der Waals surface area (Å²) in [4.78, 5) is 27.8. The summed E-state index contributed by atoms with van der Waals surface area (Å²) < 4.78 is 5.12. The number of nitrogen functional groups attached to an aromatic ring is 1. The summed E-state index contributed by atoms with van der Waals surface area (Å²) in [5.41, 5.74) is 9.32. The van der Waals surface area contributed by atoms with Crippen LogP contribution in [0.4, 0.5) is 11.4 Å². The second-order valence-corrected chi connectivity index (χ2v) is 7.32. The number of aryl methyl sites for hydroxylation is 2. The number of cyclic esters (lactones) is 1. The number of ether oxygens (including phenoxy) is 1. The molecule has 2 N–H and O–H groups in total. The van der Waals surface area contributed by atoms with Crippen LogP contribution in [0.25, 0.3) is 0 Å². The molecule has 2 aromatic carbocycles. The number of amides is 1. The molecule has 1 amide bonds. The Bertz CT molecular complexity index is 817. The van der Waals surface area contributed by atoms with Crippen LogP contribution >= 0.6 is 11.8 Å². The maximum Gasteiger partial charge on any atom is 0.329 e. The van der Waals surface area contributed by atoms with Crippen molar-refractivity contribution in [3.63, 3.8) is 0 Å². The first-order valence-corrected chi connectivity index (χ1v) is 9.50. The highest BCUT2D eigenvalue weighted by Crippen LogP contribution is 2.32. The van der Waals surface area contributed by atoms with E-state index in [1.54, 1.807) is 4.90 Å². The highest BCUT2D eigenvalue weighted by atomic mass is 32.2. The van der Waals surface area contributed by atoms with Crippen molar-refractivity contribution in [1.82, 2.24) is 0 Å². The van der Waals surface area contributed by atoms with E-state index in [2.05, 4.69) is 0 Å². The Morgan fingerprint density at radius 1 is 1.19 bits per heavy atom. The van der Waals surface area contributed by atoms with Gasteiger partial charge < -0.3 is 10.5 Å². The van der Waals surface area contributed by atoms with Crippen LogP contribution < -0.4 is 10.6 Å². The maximum absolute atomic E-state index is 13.1. The Labute approximate surface area is 157 Å². The van der Waals surface area contributed by atoms with Gasteiger partial charge in [-0.05, 0) is 37.1 Å². The van der Waals surface area contributed by atoms with Crippen LogP contribution in [-0.4, -0.2) is 30.3 Å². The van der Waals surface area contributed by atoms with Gasteiger partial charge in [-0.1, -0.05) is 30.3 Å². The second-order valence-electron chi connectivity index (χ2n) is 6.30. The average Bonchev–Trinajstić information content (AvgIpc) is 3.03. The Morgan fingerprint density at radius 3 is 2.50 bits per heavy atom. The zero-order valence-corrected chi connectivity index (χ0v) is 15.7. The number of esters is 1. The van der Waals surface area contributed by atoms with Crippen LogP contribution in [0.3, 0.4) is 0 Å². The molecule has 0 spiro atoms. The average molecular weight is 370 g/mol. The van der Waals surface area contributed by atoms with Crippen molar-refractivity contribution in [3.05, 3.63) is 53.6 Å². The van der Waals surface area contributed by atoms with Gasteiger partial charge in [-0.2, -0.15) is 0 Å². The SMILES string of the molecule is Cc1cccc(C)c1N(C(=O)CSc1ccccc1N)C1CCOC1=O. The van der Waals surface area contributed by atoms with E-state index in [1.807, 2.05) is 56.3 Å². The van der Waals surface area contributed by atoms with Crippen molar-refractivity contribution in [2.45, 2.75) is 31.2 Å². The molecule has 2 aromatic rings. The summed E-state index contributed by atoms with van der Waals surface area (Å²) in [6.07, 6.45) is 0.510. The zero-order valence-electron chi connectivity index (χ0n) is 14.9. The van der Waals surface area contributed by atoms with E-state index >= 15 is 0 Å². The van der Waals surface area contributed by atoms with E-state index in [0.717, 1.165) is 21.7 Å². The van der Waals surface area contributed by atoms with Gasteiger partial charge >= 0.3 is 5.97 Å². The lowest BCUT2D eigenvalue weighted by atomic mass is 10.0. The third kappa shape index (κ3) is 3.70. The first-order chi connectivity index (χ1) is 12.5. The predicted octanol–water partition coefficient (Wildman–Crippen LogP) is 3.33. The van der Waals surface area contributed by atoms with Crippen molar-refractivity contribution >= 4 is 35.0 Å². The number of hydrogen-bond acceptors (Lipinski definition) is 5. The highest BCUT2D eigenvalue weighted by Gasteiger charge is 2.37. The van der Waals surface area contributed by atoms with E-state index in [1.165, 1.54) is 11.8 Å². The number of hydrogen-bond donors (Lipinski definition) is 1. The number of nitrogens with zero attached hydrogens (tertiary/aromatic N) is 1. The molecule has 3 rings (SSSR count). The molecule has 0 aliphatic carbocycles. The normalized spacial score (nSPS) is 16.4. The van der Waals surface area contributed by atoms with Gasteiger partial charge in [-0.25, -0.2) is 4.79 Å². The first kappa shape index (κ1) is 18.3. The molecule has 26 heavy (non-hydrogen) atoms. The summed E-state index contributed by atoms with van der Waals surface area (Å²) in [6.45, 7) is 4.24. The van der Waals surface area contributed by atoms with Crippen molar-refractivity contribution < 1.29 is 14.3 Å². The number of nitrogens with two attached hydrogens (primary N) is 1. The van der Waals surface area contributed by atoms with Crippen LogP contribution in [0, 0.1) is 13.8 Å².